The number of nitrogens with zero attached hydrogens (tertiary/aromatic N) is 5. The van der Waals surface area contributed by atoms with Crippen molar-refractivity contribution < 1.29 is 32.3 Å². The number of ether oxygens (including phenoxy) is 1. The molecule has 4 heterocycles. The predicted octanol–water partition coefficient (Wildman–Crippen LogP) is 1.88. The molecule has 2 aromatic heterocycles. The summed E-state index contributed by atoms with van der Waals surface area (Å²) in [4.78, 5) is 74.2. The molecule has 1 aromatic carbocycles. The van der Waals surface area contributed by atoms with Crippen molar-refractivity contribution in [2.45, 2.75) is 93.7 Å². The molecular weight excluding hydrogens is 677 g/mol. The average Bonchev–Trinajstić information content (AvgIpc) is 4.04. The van der Waals surface area contributed by atoms with Gasteiger partial charge in [0.15, 0.2) is 0 Å². The lowest BCUT2D eigenvalue weighted by Crippen LogP contribution is -2.58. The summed E-state index contributed by atoms with van der Waals surface area (Å²) < 4.78 is 34.0. The van der Waals surface area contributed by atoms with Crippen LogP contribution in [0.2, 0.25) is 0 Å². The van der Waals surface area contributed by atoms with Crippen LogP contribution in [0.3, 0.4) is 0 Å². The van der Waals surface area contributed by atoms with Crippen molar-refractivity contribution in [2.75, 3.05) is 6.54 Å². The molecule has 2 aliphatic heterocycles. The maximum Gasteiger partial charge on any atom is 0.272 e. The lowest BCUT2D eigenvalue weighted by molar-refractivity contribution is -0.141. The van der Waals surface area contributed by atoms with Gasteiger partial charge in [-0.25, -0.2) is 23.4 Å². The van der Waals surface area contributed by atoms with Crippen molar-refractivity contribution in [3.05, 3.63) is 66.4 Å². The SMILES string of the molecule is Cc1cnc(C(=O)NC2CCCCC/C=C\[C@H]3C[C@]3(C(=O)NS(=O)(=O)C3CC3)NC(=O)[C@@H]3C[C@H](Oc4cnc5ccccc5n4)CN3C2=O)cn1. The van der Waals surface area contributed by atoms with Crippen LogP contribution in [-0.4, -0.2) is 92.4 Å². The monoisotopic (exact) mass is 716 g/mol. The number of aromatic nitrogens is 4. The Bertz CT molecular complexity index is 1990. The molecule has 16 heteroatoms. The summed E-state index contributed by atoms with van der Waals surface area (Å²) in [5.41, 5.74) is 0.477. The quantitative estimate of drug-likeness (QED) is 0.301. The molecule has 4 amide bonds. The van der Waals surface area contributed by atoms with Gasteiger partial charge >= 0.3 is 0 Å². The second-order valence-corrected chi connectivity index (χ2v) is 15.7. The van der Waals surface area contributed by atoms with Crippen LogP contribution < -0.4 is 20.1 Å². The maximum absolute atomic E-state index is 14.4. The third-order valence-corrected chi connectivity index (χ3v) is 11.7. The fourth-order valence-electron chi connectivity index (χ4n) is 6.76. The summed E-state index contributed by atoms with van der Waals surface area (Å²) in [5.74, 6) is -2.69. The summed E-state index contributed by atoms with van der Waals surface area (Å²) in [7, 11) is -3.88. The number of allylic oxidation sites excluding steroid dienone is 1. The molecule has 268 valence electrons. The van der Waals surface area contributed by atoms with E-state index in [0.717, 1.165) is 12.8 Å². The van der Waals surface area contributed by atoms with E-state index in [1.165, 1.54) is 23.5 Å². The summed E-state index contributed by atoms with van der Waals surface area (Å²) in [6, 6.07) is 5.19. The van der Waals surface area contributed by atoms with E-state index in [1.54, 1.807) is 13.0 Å². The van der Waals surface area contributed by atoms with Crippen LogP contribution in [0.25, 0.3) is 11.0 Å². The van der Waals surface area contributed by atoms with Crippen molar-refractivity contribution in [3.63, 3.8) is 0 Å². The Labute approximate surface area is 295 Å². The molecule has 2 saturated carbocycles. The van der Waals surface area contributed by atoms with Crippen molar-refractivity contribution >= 4 is 44.7 Å². The van der Waals surface area contributed by atoms with E-state index < -0.39 is 68.5 Å². The molecule has 2 aliphatic carbocycles. The first kappa shape index (κ1) is 34.5. The number of hydrogen-bond acceptors (Lipinski definition) is 11. The topological polar surface area (TPSA) is 203 Å². The molecule has 7 rings (SSSR count). The van der Waals surface area contributed by atoms with Gasteiger partial charge in [-0.05, 0) is 57.6 Å². The van der Waals surface area contributed by atoms with E-state index >= 15 is 0 Å². The zero-order valence-corrected chi connectivity index (χ0v) is 29.0. The maximum atomic E-state index is 14.4. The third-order valence-electron chi connectivity index (χ3n) is 9.88. The minimum Gasteiger partial charge on any atom is -0.471 e. The number of nitrogens with one attached hydrogen (secondary N) is 3. The molecule has 3 N–H and O–H groups in total. The molecule has 0 bridgehead atoms. The van der Waals surface area contributed by atoms with Gasteiger partial charge in [-0.1, -0.05) is 37.1 Å². The lowest BCUT2D eigenvalue weighted by Gasteiger charge is -2.29. The average molecular weight is 717 g/mol. The standard InChI is InChI=1S/C35H40N8O7S/c1-21-17-37-28(18-36-21)31(44)40-27-12-6-4-2-3-5-9-22-16-35(22,34(47)42-51(48,49)24-13-14-24)41-32(45)29-15-23(20-43(29)33(27)46)50-30-19-38-25-10-7-8-11-26(25)39-30/h5,7-11,17-19,22-24,27,29H,2-4,6,12-16,20H2,1H3,(H,40,44)(H,41,45)(H,42,47)/b9-5-/t22-,23-,27?,29-,35-/m0/s1. The second-order valence-electron chi connectivity index (χ2n) is 13.8. The van der Waals surface area contributed by atoms with Crippen molar-refractivity contribution in [2.24, 2.45) is 5.92 Å². The molecule has 1 unspecified atom stereocenters. The van der Waals surface area contributed by atoms with Gasteiger partial charge in [0, 0.05) is 18.5 Å². The number of fused-ring (bicyclic) bond motifs is 3. The Balaban J connectivity index is 1.18. The van der Waals surface area contributed by atoms with Crippen LogP contribution in [0.15, 0.2) is 55.0 Å². The highest BCUT2D eigenvalue weighted by Gasteiger charge is 2.62. The van der Waals surface area contributed by atoms with Gasteiger partial charge in [0.2, 0.25) is 27.7 Å². The van der Waals surface area contributed by atoms with Gasteiger partial charge in [-0.3, -0.25) is 28.9 Å². The Hall–Kier alpha value is -4.99. The normalized spacial score (nSPS) is 27.6. The van der Waals surface area contributed by atoms with Crippen LogP contribution in [0.1, 0.15) is 74.0 Å². The van der Waals surface area contributed by atoms with Crippen LogP contribution in [0.4, 0.5) is 0 Å². The minimum atomic E-state index is -3.88. The number of carbonyl (C=O) groups excluding carboxylic acids is 4. The Morgan fingerprint density at radius 2 is 1.80 bits per heavy atom. The van der Waals surface area contributed by atoms with Crippen LogP contribution >= 0.6 is 0 Å². The first-order chi connectivity index (χ1) is 24.5. The fraction of sp³-hybridized carbons (Fsp3) is 0.486. The van der Waals surface area contributed by atoms with Gasteiger partial charge in [0.25, 0.3) is 11.8 Å². The van der Waals surface area contributed by atoms with E-state index in [0.29, 0.717) is 48.8 Å². The second kappa shape index (κ2) is 14.0. The van der Waals surface area contributed by atoms with Gasteiger partial charge in [0.05, 0.1) is 40.9 Å². The van der Waals surface area contributed by atoms with Gasteiger partial charge < -0.3 is 20.3 Å². The molecule has 0 radical (unpaired) electrons. The number of hydrogen-bond donors (Lipinski definition) is 3. The highest BCUT2D eigenvalue weighted by molar-refractivity contribution is 7.91. The predicted molar refractivity (Wildman–Crippen MR) is 183 cm³/mol. The van der Waals surface area contributed by atoms with E-state index in [9.17, 15) is 27.6 Å². The fourth-order valence-corrected chi connectivity index (χ4v) is 8.12. The highest BCUT2D eigenvalue weighted by atomic mass is 32.2. The van der Waals surface area contributed by atoms with Crippen molar-refractivity contribution in [1.29, 1.82) is 0 Å². The molecule has 1 saturated heterocycles. The van der Waals surface area contributed by atoms with Crippen LogP contribution in [0.5, 0.6) is 5.88 Å². The first-order valence-electron chi connectivity index (χ1n) is 17.4. The Morgan fingerprint density at radius 3 is 2.57 bits per heavy atom. The number of carbonyl (C=O) groups is 4. The molecular formula is C35H40N8O7S. The van der Waals surface area contributed by atoms with Crippen molar-refractivity contribution in [1.82, 2.24) is 40.2 Å². The highest BCUT2D eigenvalue weighted by Crippen LogP contribution is 2.46. The molecule has 3 aromatic rings. The zero-order valence-electron chi connectivity index (χ0n) is 28.2. The molecule has 15 nitrogen and oxygen atoms in total. The molecule has 3 fully saturated rings. The smallest absolute Gasteiger partial charge is 0.272 e. The summed E-state index contributed by atoms with van der Waals surface area (Å²) in [6.45, 7) is 1.73. The zero-order chi connectivity index (χ0) is 35.8. The van der Waals surface area contributed by atoms with Gasteiger partial charge in [-0.2, -0.15) is 0 Å². The summed E-state index contributed by atoms with van der Waals surface area (Å²) >= 11 is 0. The van der Waals surface area contributed by atoms with Gasteiger partial charge in [-0.15, -0.1) is 0 Å². The largest absolute Gasteiger partial charge is 0.471 e. The Morgan fingerprint density at radius 1 is 1.00 bits per heavy atom. The van der Waals surface area contributed by atoms with Gasteiger partial charge in [0.1, 0.15) is 29.4 Å². The van der Waals surface area contributed by atoms with E-state index in [4.69, 9.17) is 4.74 Å². The van der Waals surface area contributed by atoms with Crippen LogP contribution in [-0.2, 0) is 24.4 Å². The van der Waals surface area contributed by atoms with E-state index in [1.807, 2.05) is 30.4 Å². The van der Waals surface area contributed by atoms with E-state index in [2.05, 4.69) is 35.3 Å². The summed E-state index contributed by atoms with van der Waals surface area (Å²) in [6.07, 6.45) is 11.8. The minimum absolute atomic E-state index is 0.0132. The number of sulfonamides is 1. The number of rotatable bonds is 7. The summed E-state index contributed by atoms with van der Waals surface area (Å²) in [5, 5.41) is 5.05. The molecule has 51 heavy (non-hydrogen) atoms. The Kier molecular flexibility index (Phi) is 9.44. The first-order valence-corrected chi connectivity index (χ1v) is 18.9. The number of aryl methyl sites for hydroxylation is 1. The van der Waals surface area contributed by atoms with Crippen molar-refractivity contribution in [3.8, 4) is 5.88 Å². The number of para-hydroxylation sites is 2. The molecule has 4 aliphatic rings. The van der Waals surface area contributed by atoms with E-state index in [-0.39, 0.29) is 31.0 Å². The third kappa shape index (κ3) is 7.55. The molecule has 5 atom stereocenters. The number of benzene rings is 1. The van der Waals surface area contributed by atoms with Crippen LogP contribution in [0, 0.1) is 12.8 Å². The molecule has 0 spiro atoms. The number of amides is 4. The lowest BCUT2D eigenvalue weighted by atomic mass is 10.0.